The van der Waals surface area contributed by atoms with Gasteiger partial charge in [0.15, 0.2) is 18.1 Å². The number of methoxy groups -OCH3 is 1. The van der Waals surface area contributed by atoms with Crippen molar-refractivity contribution < 1.29 is 19.4 Å². The van der Waals surface area contributed by atoms with Crippen LogP contribution in [0.5, 0.6) is 11.5 Å². The summed E-state index contributed by atoms with van der Waals surface area (Å²) < 4.78 is 10.8. The molecule has 116 valence electrons. The van der Waals surface area contributed by atoms with Crippen LogP contribution >= 0.6 is 0 Å². The molecule has 1 saturated heterocycles. The number of hydrogen-bond donors (Lipinski definition) is 1. The minimum Gasteiger partial charge on any atom is -0.493 e. The van der Waals surface area contributed by atoms with Gasteiger partial charge >= 0.3 is 0 Å². The first kappa shape index (κ1) is 15.6. The normalized spacial score (nSPS) is 22.0. The molecular formula is C16H23NO4. The van der Waals surface area contributed by atoms with Crippen molar-refractivity contribution in [2.24, 2.45) is 5.92 Å². The molecule has 1 fully saturated rings. The van der Waals surface area contributed by atoms with Crippen LogP contribution in [0.2, 0.25) is 0 Å². The highest BCUT2D eigenvalue weighted by atomic mass is 16.5. The van der Waals surface area contributed by atoms with E-state index in [1.165, 1.54) is 0 Å². The Labute approximate surface area is 125 Å². The van der Waals surface area contributed by atoms with Crippen LogP contribution in [-0.2, 0) is 4.79 Å². The number of aliphatic hydroxyl groups excluding tert-OH is 1. The van der Waals surface area contributed by atoms with Gasteiger partial charge in [0.05, 0.1) is 13.2 Å². The second kappa shape index (κ2) is 6.80. The quantitative estimate of drug-likeness (QED) is 0.916. The number of hydrogen-bond acceptors (Lipinski definition) is 4. The monoisotopic (exact) mass is 293 g/mol. The van der Waals surface area contributed by atoms with Crippen molar-refractivity contribution in [3.05, 3.63) is 23.8 Å². The lowest BCUT2D eigenvalue weighted by Crippen LogP contribution is -2.47. The van der Waals surface area contributed by atoms with E-state index >= 15 is 0 Å². The number of carbonyl (C=O) groups is 1. The molecule has 1 aromatic rings. The molecule has 5 heteroatoms. The molecule has 1 N–H and O–H groups in total. The molecule has 5 nitrogen and oxygen atoms in total. The average molecular weight is 293 g/mol. The summed E-state index contributed by atoms with van der Waals surface area (Å²) in [6.45, 7) is 4.98. The Hall–Kier alpha value is -1.75. The first-order valence-corrected chi connectivity index (χ1v) is 7.24. The van der Waals surface area contributed by atoms with Gasteiger partial charge in [0.1, 0.15) is 0 Å². The summed E-state index contributed by atoms with van der Waals surface area (Å²) >= 11 is 0. The number of carbonyl (C=O) groups excluding carboxylic acids is 1. The maximum absolute atomic E-state index is 12.1. The molecular weight excluding hydrogens is 270 g/mol. The minimum absolute atomic E-state index is 0.0411. The molecule has 1 heterocycles. The van der Waals surface area contributed by atoms with E-state index < -0.39 is 6.10 Å². The summed E-state index contributed by atoms with van der Waals surface area (Å²) in [6, 6.07) is 5.58. The van der Waals surface area contributed by atoms with Gasteiger partial charge in [0.2, 0.25) is 0 Å². The molecule has 1 aliphatic rings. The van der Waals surface area contributed by atoms with Crippen molar-refractivity contribution in [1.29, 1.82) is 0 Å². The number of benzene rings is 1. The number of aliphatic hydroxyl groups is 1. The first-order chi connectivity index (χ1) is 10.0. The molecule has 1 amide bonds. The van der Waals surface area contributed by atoms with E-state index in [1.807, 2.05) is 26.0 Å². The Bertz CT molecular complexity index is 503. The highest BCUT2D eigenvalue weighted by molar-refractivity contribution is 5.78. The van der Waals surface area contributed by atoms with Gasteiger partial charge in [-0.2, -0.15) is 0 Å². The van der Waals surface area contributed by atoms with E-state index in [4.69, 9.17) is 9.47 Å². The standard InChI is InChI=1S/C16H23NO4/c1-11-4-5-14(15(8-11)20-3)21-10-16(19)17-7-6-12(2)13(18)9-17/h4-5,8,12-13,18H,6-7,9-10H2,1-3H3. The third-order valence-electron chi connectivity index (χ3n) is 3.94. The Morgan fingerprint density at radius 1 is 1.43 bits per heavy atom. The molecule has 0 aromatic heterocycles. The molecule has 0 saturated carbocycles. The van der Waals surface area contributed by atoms with E-state index in [2.05, 4.69) is 0 Å². The molecule has 1 aromatic carbocycles. The lowest BCUT2D eigenvalue weighted by molar-refractivity contribution is -0.137. The Morgan fingerprint density at radius 2 is 2.19 bits per heavy atom. The number of ether oxygens (including phenoxy) is 2. The molecule has 2 rings (SSSR count). The molecule has 2 atom stereocenters. The van der Waals surface area contributed by atoms with Crippen molar-refractivity contribution >= 4 is 5.91 Å². The molecule has 0 aliphatic carbocycles. The molecule has 0 bridgehead atoms. The molecule has 2 unspecified atom stereocenters. The topological polar surface area (TPSA) is 59.0 Å². The number of rotatable bonds is 4. The smallest absolute Gasteiger partial charge is 0.260 e. The largest absolute Gasteiger partial charge is 0.493 e. The van der Waals surface area contributed by atoms with Crippen LogP contribution in [0.15, 0.2) is 18.2 Å². The van der Waals surface area contributed by atoms with Crippen LogP contribution in [0, 0.1) is 12.8 Å². The lowest BCUT2D eigenvalue weighted by atomic mass is 9.96. The van der Waals surface area contributed by atoms with Gasteiger partial charge in [0, 0.05) is 13.1 Å². The highest BCUT2D eigenvalue weighted by Crippen LogP contribution is 2.27. The summed E-state index contributed by atoms with van der Waals surface area (Å²) in [5.74, 6) is 1.31. The number of nitrogens with zero attached hydrogens (tertiary/aromatic N) is 1. The summed E-state index contributed by atoms with van der Waals surface area (Å²) in [6.07, 6.45) is 0.373. The predicted octanol–water partition coefficient (Wildman–Crippen LogP) is 1.61. The third kappa shape index (κ3) is 3.88. The number of aryl methyl sites for hydroxylation is 1. The number of amides is 1. The Kier molecular flexibility index (Phi) is 5.07. The SMILES string of the molecule is COc1cc(C)ccc1OCC(=O)N1CCC(C)C(O)C1. The summed E-state index contributed by atoms with van der Waals surface area (Å²) in [7, 11) is 1.58. The van der Waals surface area contributed by atoms with Crippen molar-refractivity contribution in [3.63, 3.8) is 0 Å². The van der Waals surface area contributed by atoms with Gasteiger partial charge in [-0.15, -0.1) is 0 Å². The maximum Gasteiger partial charge on any atom is 0.260 e. The van der Waals surface area contributed by atoms with Gasteiger partial charge in [-0.3, -0.25) is 4.79 Å². The van der Waals surface area contributed by atoms with Crippen molar-refractivity contribution in [1.82, 2.24) is 4.90 Å². The summed E-state index contributed by atoms with van der Waals surface area (Å²) in [5, 5.41) is 9.84. The fourth-order valence-corrected chi connectivity index (χ4v) is 2.40. The maximum atomic E-state index is 12.1. The number of likely N-dealkylation sites (tertiary alicyclic amines) is 1. The zero-order valence-corrected chi connectivity index (χ0v) is 12.8. The number of piperidine rings is 1. The van der Waals surface area contributed by atoms with E-state index in [0.29, 0.717) is 24.6 Å². The van der Waals surface area contributed by atoms with Gasteiger partial charge in [0.25, 0.3) is 5.91 Å². The van der Waals surface area contributed by atoms with Crippen LogP contribution in [0.1, 0.15) is 18.9 Å². The lowest BCUT2D eigenvalue weighted by Gasteiger charge is -2.34. The third-order valence-corrected chi connectivity index (χ3v) is 3.94. The van der Waals surface area contributed by atoms with Crippen LogP contribution in [0.4, 0.5) is 0 Å². The highest BCUT2D eigenvalue weighted by Gasteiger charge is 2.27. The van der Waals surface area contributed by atoms with E-state index in [-0.39, 0.29) is 18.4 Å². The first-order valence-electron chi connectivity index (χ1n) is 7.24. The minimum atomic E-state index is -0.448. The second-order valence-corrected chi connectivity index (χ2v) is 5.62. The predicted molar refractivity (Wildman–Crippen MR) is 79.6 cm³/mol. The Balaban J connectivity index is 1.92. The number of β-amino-alcohol motifs (C(OH)–C–C–N with tert-alkyl or cyclic N) is 1. The van der Waals surface area contributed by atoms with Gasteiger partial charge in [-0.1, -0.05) is 13.0 Å². The van der Waals surface area contributed by atoms with E-state index in [0.717, 1.165) is 12.0 Å². The molecule has 1 aliphatic heterocycles. The molecule has 21 heavy (non-hydrogen) atoms. The van der Waals surface area contributed by atoms with E-state index in [1.54, 1.807) is 18.1 Å². The molecule has 0 radical (unpaired) electrons. The van der Waals surface area contributed by atoms with Crippen LogP contribution in [0.25, 0.3) is 0 Å². The molecule has 0 spiro atoms. The van der Waals surface area contributed by atoms with Crippen molar-refractivity contribution in [2.75, 3.05) is 26.8 Å². The van der Waals surface area contributed by atoms with E-state index in [9.17, 15) is 9.90 Å². The van der Waals surface area contributed by atoms with Crippen molar-refractivity contribution in [3.8, 4) is 11.5 Å². The summed E-state index contributed by atoms with van der Waals surface area (Å²) in [5.41, 5.74) is 1.07. The zero-order chi connectivity index (χ0) is 15.4. The Morgan fingerprint density at radius 3 is 2.86 bits per heavy atom. The van der Waals surface area contributed by atoms with Crippen LogP contribution in [0.3, 0.4) is 0 Å². The fourth-order valence-electron chi connectivity index (χ4n) is 2.40. The summed E-state index contributed by atoms with van der Waals surface area (Å²) in [4.78, 5) is 13.8. The van der Waals surface area contributed by atoms with Crippen molar-refractivity contribution in [2.45, 2.75) is 26.4 Å². The van der Waals surface area contributed by atoms with Gasteiger partial charge in [-0.25, -0.2) is 0 Å². The average Bonchev–Trinajstić information content (AvgIpc) is 2.48. The van der Waals surface area contributed by atoms with Crippen LogP contribution < -0.4 is 9.47 Å². The fraction of sp³-hybridized carbons (Fsp3) is 0.562. The zero-order valence-electron chi connectivity index (χ0n) is 12.8. The van der Waals surface area contributed by atoms with Gasteiger partial charge in [-0.05, 0) is 37.0 Å². The van der Waals surface area contributed by atoms with Crippen LogP contribution in [-0.4, -0.2) is 48.8 Å². The second-order valence-electron chi connectivity index (χ2n) is 5.62. The van der Waals surface area contributed by atoms with Gasteiger partial charge < -0.3 is 19.5 Å².